The minimum absolute atomic E-state index is 0.604. The van der Waals surface area contributed by atoms with E-state index in [0.29, 0.717) is 12.0 Å². The van der Waals surface area contributed by atoms with E-state index in [4.69, 9.17) is 4.98 Å². The van der Waals surface area contributed by atoms with E-state index in [1.807, 2.05) is 0 Å². The Balaban J connectivity index is 1.87. The van der Waals surface area contributed by atoms with Crippen molar-refractivity contribution in [3.8, 4) is 0 Å². The summed E-state index contributed by atoms with van der Waals surface area (Å²) in [5.74, 6) is 1.87. The molecule has 1 N–H and O–H groups in total. The van der Waals surface area contributed by atoms with Crippen LogP contribution in [0.5, 0.6) is 0 Å². The topological polar surface area (TPSA) is 32.6 Å². The third-order valence-corrected chi connectivity index (χ3v) is 5.02. The molecule has 21 heavy (non-hydrogen) atoms. The van der Waals surface area contributed by atoms with Gasteiger partial charge in [-0.1, -0.05) is 13.8 Å². The third-order valence-electron chi connectivity index (χ3n) is 4.26. The molecule has 0 radical (unpaired) electrons. The monoisotopic (exact) mass is 306 g/mol. The zero-order valence-corrected chi connectivity index (χ0v) is 14.1. The summed E-state index contributed by atoms with van der Waals surface area (Å²) in [7, 11) is 0. The highest BCUT2D eigenvalue weighted by Gasteiger charge is 2.25. The molecule has 4 nitrogen and oxygen atoms in total. The van der Waals surface area contributed by atoms with Crippen LogP contribution in [0.15, 0.2) is 11.6 Å². The van der Waals surface area contributed by atoms with Gasteiger partial charge in [-0.2, -0.15) is 0 Å². The number of piperidine rings is 1. The minimum atomic E-state index is 0.604. The van der Waals surface area contributed by atoms with Gasteiger partial charge in [0.2, 0.25) is 0 Å². The van der Waals surface area contributed by atoms with Gasteiger partial charge in [-0.3, -0.25) is 4.40 Å². The van der Waals surface area contributed by atoms with E-state index in [0.717, 1.165) is 24.6 Å². The Labute approximate surface area is 131 Å². The average molecular weight is 306 g/mol. The van der Waals surface area contributed by atoms with E-state index in [2.05, 4.69) is 47.0 Å². The van der Waals surface area contributed by atoms with E-state index >= 15 is 0 Å². The van der Waals surface area contributed by atoms with E-state index in [-0.39, 0.29) is 0 Å². The van der Waals surface area contributed by atoms with Crippen molar-refractivity contribution in [1.82, 2.24) is 14.7 Å². The predicted molar refractivity (Wildman–Crippen MR) is 90.3 cm³/mol. The van der Waals surface area contributed by atoms with Crippen LogP contribution in [0.4, 0.5) is 5.82 Å². The van der Waals surface area contributed by atoms with E-state index in [1.54, 1.807) is 11.3 Å². The minimum Gasteiger partial charge on any atom is -0.352 e. The van der Waals surface area contributed by atoms with Crippen molar-refractivity contribution < 1.29 is 0 Å². The second-order valence-corrected chi connectivity index (χ2v) is 7.37. The summed E-state index contributed by atoms with van der Waals surface area (Å²) in [5.41, 5.74) is 1.32. The number of rotatable bonds is 5. The molecule has 1 unspecified atom stereocenters. The van der Waals surface area contributed by atoms with Crippen LogP contribution in [0.2, 0.25) is 0 Å². The van der Waals surface area contributed by atoms with Crippen molar-refractivity contribution in [2.45, 2.75) is 52.6 Å². The summed E-state index contributed by atoms with van der Waals surface area (Å²) in [6, 6.07) is 0.604. The number of anilines is 1. The second-order valence-electron chi connectivity index (χ2n) is 6.50. The molecule has 0 amide bonds. The number of fused-ring (bicyclic) bond motifs is 1. The van der Waals surface area contributed by atoms with Gasteiger partial charge in [0.25, 0.3) is 0 Å². The standard InChI is InChI=1S/C16H26N4S/c1-12(2)10-17-11-14-15(18-16-20(14)8-9-21-16)19-7-5-4-6-13(19)3/h8-9,12-13,17H,4-7,10-11H2,1-3H3. The molecule has 0 aliphatic carbocycles. The molecule has 0 aromatic carbocycles. The summed E-state index contributed by atoms with van der Waals surface area (Å²) in [5, 5.41) is 5.70. The Hall–Kier alpha value is -1.07. The van der Waals surface area contributed by atoms with Gasteiger partial charge in [0, 0.05) is 30.7 Å². The van der Waals surface area contributed by atoms with Gasteiger partial charge >= 0.3 is 0 Å². The van der Waals surface area contributed by atoms with Crippen molar-refractivity contribution in [2.24, 2.45) is 5.92 Å². The van der Waals surface area contributed by atoms with Crippen LogP contribution >= 0.6 is 11.3 Å². The largest absolute Gasteiger partial charge is 0.352 e. The summed E-state index contributed by atoms with van der Waals surface area (Å²) in [6.07, 6.45) is 6.07. The first-order valence-corrected chi connectivity index (χ1v) is 8.96. The number of nitrogens with one attached hydrogen (secondary N) is 1. The lowest BCUT2D eigenvalue weighted by molar-refractivity contribution is 0.478. The first kappa shape index (κ1) is 14.9. The molecule has 0 saturated carbocycles. The Bertz CT molecular complexity index is 586. The highest BCUT2D eigenvalue weighted by atomic mass is 32.1. The van der Waals surface area contributed by atoms with Gasteiger partial charge in [-0.25, -0.2) is 4.98 Å². The molecule has 3 rings (SSSR count). The number of hydrogen-bond acceptors (Lipinski definition) is 4. The molecule has 2 aromatic heterocycles. The highest BCUT2D eigenvalue weighted by Crippen LogP contribution is 2.29. The van der Waals surface area contributed by atoms with Gasteiger partial charge in [0.15, 0.2) is 10.8 Å². The fraction of sp³-hybridized carbons (Fsp3) is 0.688. The van der Waals surface area contributed by atoms with Crippen LogP contribution in [-0.2, 0) is 6.54 Å². The quantitative estimate of drug-likeness (QED) is 0.917. The van der Waals surface area contributed by atoms with Crippen molar-refractivity contribution in [3.05, 3.63) is 17.3 Å². The number of nitrogens with zero attached hydrogens (tertiary/aromatic N) is 3. The maximum absolute atomic E-state index is 4.91. The van der Waals surface area contributed by atoms with Crippen LogP contribution in [0.3, 0.4) is 0 Å². The fourth-order valence-electron chi connectivity index (χ4n) is 3.11. The predicted octanol–water partition coefficient (Wildman–Crippen LogP) is 3.52. The number of thiazole rings is 1. The molecular weight excluding hydrogens is 280 g/mol. The summed E-state index contributed by atoms with van der Waals surface area (Å²) in [4.78, 5) is 8.54. The molecule has 2 aromatic rings. The Morgan fingerprint density at radius 1 is 1.43 bits per heavy atom. The third kappa shape index (κ3) is 3.09. The zero-order valence-electron chi connectivity index (χ0n) is 13.3. The smallest absolute Gasteiger partial charge is 0.195 e. The molecular formula is C16H26N4S. The number of hydrogen-bond donors (Lipinski definition) is 1. The van der Waals surface area contributed by atoms with Gasteiger partial charge in [0.05, 0.1) is 5.69 Å². The van der Waals surface area contributed by atoms with Crippen LogP contribution in [-0.4, -0.2) is 28.5 Å². The van der Waals surface area contributed by atoms with Gasteiger partial charge in [-0.15, -0.1) is 11.3 Å². The molecule has 1 fully saturated rings. The number of aromatic nitrogens is 2. The van der Waals surface area contributed by atoms with E-state index in [1.165, 1.54) is 30.8 Å². The lowest BCUT2D eigenvalue weighted by Gasteiger charge is -2.34. The van der Waals surface area contributed by atoms with Crippen molar-refractivity contribution >= 4 is 22.1 Å². The Kier molecular flexibility index (Phi) is 4.50. The molecule has 0 spiro atoms. The summed E-state index contributed by atoms with van der Waals surface area (Å²) < 4.78 is 2.26. The Morgan fingerprint density at radius 2 is 2.29 bits per heavy atom. The van der Waals surface area contributed by atoms with Crippen LogP contribution in [0.25, 0.3) is 4.96 Å². The molecule has 1 atom stereocenters. The maximum atomic E-state index is 4.91. The SMILES string of the molecule is CC(C)CNCc1c(N2CCCCC2C)nc2sccn12. The molecule has 1 aliphatic heterocycles. The van der Waals surface area contributed by atoms with E-state index in [9.17, 15) is 0 Å². The van der Waals surface area contributed by atoms with Crippen LogP contribution < -0.4 is 10.2 Å². The normalized spacial score (nSPS) is 19.8. The molecule has 0 bridgehead atoms. The molecule has 1 aliphatic rings. The van der Waals surface area contributed by atoms with Gasteiger partial charge in [-0.05, 0) is 38.6 Å². The lowest BCUT2D eigenvalue weighted by Crippen LogP contribution is -2.38. The first-order valence-electron chi connectivity index (χ1n) is 8.08. The summed E-state index contributed by atoms with van der Waals surface area (Å²) >= 11 is 1.72. The van der Waals surface area contributed by atoms with Crippen molar-refractivity contribution in [2.75, 3.05) is 18.0 Å². The maximum Gasteiger partial charge on any atom is 0.195 e. The Morgan fingerprint density at radius 3 is 3.05 bits per heavy atom. The summed E-state index contributed by atoms with van der Waals surface area (Å²) in [6.45, 7) is 9.91. The molecule has 3 heterocycles. The average Bonchev–Trinajstić information content (AvgIpc) is 3.01. The number of imidazole rings is 1. The van der Waals surface area contributed by atoms with Crippen LogP contribution in [0.1, 0.15) is 45.7 Å². The lowest BCUT2D eigenvalue weighted by atomic mass is 10.0. The van der Waals surface area contributed by atoms with E-state index < -0.39 is 0 Å². The molecule has 116 valence electrons. The van der Waals surface area contributed by atoms with Gasteiger partial charge < -0.3 is 10.2 Å². The van der Waals surface area contributed by atoms with Crippen molar-refractivity contribution in [3.63, 3.8) is 0 Å². The zero-order chi connectivity index (χ0) is 14.8. The van der Waals surface area contributed by atoms with Crippen molar-refractivity contribution in [1.29, 1.82) is 0 Å². The van der Waals surface area contributed by atoms with Crippen LogP contribution in [0, 0.1) is 5.92 Å². The second kappa shape index (κ2) is 6.36. The molecule has 5 heteroatoms. The first-order chi connectivity index (χ1) is 10.2. The fourth-order valence-corrected chi connectivity index (χ4v) is 3.84. The van der Waals surface area contributed by atoms with Gasteiger partial charge in [0.1, 0.15) is 0 Å². The molecule has 1 saturated heterocycles. The highest BCUT2D eigenvalue weighted by molar-refractivity contribution is 7.15.